The van der Waals surface area contributed by atoms with E-state index in [9.17, 15) is 21.6 Å². The lowest BCUT2D eigenvalue weighted by Gasteiger charge is -2.07. The predicted octanol–water partition coefficient (Wildman–Crippen LogP) is 3.12. The first kappa shape index (κ1) is 18.4. The number of halogens is 3. The lowest BCUT2D eigenvalue weighted by Crippen LogP contribution is -2.14. The maximum atomic E-state index is 13.0. The van der Waals surface area contributed by atoms with Gasteiger partial charge in [0.15, 0.2) is 20.5 Å². The van der Waals surface area contributed by atoms with E-state index in [0.29, 0.717) is 10.9 Å². The van der Waals surface area contributed by atoms with E-state index in [1.54, 1.807) is 31.3 Å². The van der Waals surface area contributed by atoms with Crippen LogP contribution >= 0.6 is 0 Å². The molecule has 4 aromatic rings. The molecule has 146 valence electrons. The van der Waals surface area contributed by atoms with E-state index in [-0.39, 0.29) is 27.9 Å². The summed E-state index contributed by atoms with van der Waals surface area (Å²) in [5.74, 6) is -0.103. The van der Waals surface area contributed by atoms with Crippen molar-refractivity contribution in [1.29, 1.82) is 0 Å². The SMILES string of the molecule is CCS(=O)(=O)c1c2ccccc2nn1-c1nc2cc(C(F)(F)F)cnc2n1C. The van der Waals surface area contributed by atoms with Crippen LogP contribution in [0.1, 0.15) is 12.5 Å². The Labute approximate surface area is 157 Å². The van der Waals surface area contributed by atoms with Crippen molar-refractivity contribution in [3.63, 3.8) is 0 Å². The van der Waals surface area contributed by atoms with Crippen molar-refractivity contribution in [2.45, 2.75) is 18.1 Å². The van der Waals surface area contributed by atoms with E-state index in [2.05, 4.69) is 15.1 Å². The van der Waals surface area contributed by atoms with Crippen LogP contribution in [0.2, 0.25) is 0 Å². The molecule has 0 bridgehead atoms. The van der Waals surface area contributed by atoms with Crippen LogP contribution in [0.3, 0.4) is 0 Å². The Balaban J connectivity index is 2.04. The van der Waals surface area contributed by atoms with E-state index in [1.165, 1.54) is 11.5 Å². The average molecular weight is 409 g/mol. The smallest absolute Gasteiger partial charge is 0.296 e. The van der Waals surface area contributed by atoms with Crippen molar-refractivity contribution in [2.24, 2.45) is 7.05 Å². The van der Waals surface area contributed by atoms with Crippen LogP contribution < -0.4 is 0 Å². The molecule has 0 aliphatic carbocycles. The molecule has 0 saturated heterocycles. The minimum Gasteiger partial charge on any atom is -0.296 e. The molecule has 0 radical (unpaired) electrons. The molecule has 0 N–H and O–H groups in total. The van der Waals surface area contributed by atoms with E-state index < -0.39 is 21.6 Å². The van der Waals surface area contributed by atoms with Gasteiger partial charge in [0.1, 0.15) is 5.52 Å². The number of rotatable bonds is 3. The average Bonchev–Trinajstić information content (AvgIpc) is 3.19. The largest absolute Gasteiger partial charge is 0.417 e. The molecule has 0 aliphatic heterocycles. The summed E-state index contributed by atoms with van der Waals surface area (Å²) >= 11 is 0. The third-order valence-electron chi connectivity index (χ3n) is 4.41. The highest BCUT2D eigenvalue weighted by Gasteiger charge is 2.32. The molecule has 3 aromatic heterocycles. The Kier molecular flexibility index (Phi) is 3.96. The Bertz CT molecular complexity index is 1320. The molecular weight excluding hydrogens is 395 g/mol. The van der Waals surface area contributed by atoms with Crippen molar-refractivity contribution >= 4 is 31.9 Å². The van der Waals surface area contributed by atoms with Gasteiger partial charge in [-0.1, -0.05) is 19.1 Å². The maximum Gasteiger partial charge on any atom is 0.417 e. The monoisotopic (exact) mass is 409 g/mol. The molecule has 0 fully saturated rings. The fraction of sp³-hybridized carbons (Fsp3) is 0.235. The van der Waals surface area contributed by atoms with Gasteiger partial charge in [-0.05, 0) is 18.2 Å². The molecule has 0 unspecified atom stereocenters. The van der Waals surface area contributed by atoms with Crippen LogP contribution in [0.15, 0.2) is 41.6 Å². The van der Waals surface area contributed by atoms with E-state index in [1.807, 2.05) is 0 Å². The third-order valence-corrected chi connectivity index (χ3v) is 6.15. The molecule has 0 saturated carbocycles. The van der Waals surface area contributed by atoms with E-state index >= 15 is 0 Å². The summed E-state index contributed by atoms with van der Waals surface area (Å²) in [4.78, 5) is 8.05. The zero-order valence-electron chi connectivity index (χ0n) is 14.8. The number of imidazole rings is 1. The minimum absolute atomic E-state index is 0.00766. The number of fused-ring (bicyclic) bond motifs is 2. The highest BCUT2D eigenvalue weighted by Crippen LogP contribution is 2.32. The van der Waals surface area contributed by atoms with Crippen LogP contribution in [-0.2, 0) is 23.1 Å². The number of hydrogen-bond acceptors (Lipinski definition) is 5. The van der Waals surface area contributed by atoms with Crippen LogP contribution in [-0.4, -0.2) is 38.5 Å². The first-order valence-corrected chi connectivity index (χ1v) is 9.89. The maximum absolute atomic E-state index is 13.0. The Morgan fingerprint density at radius 1 is 1.14 bits per heavy atom. The van der Waals surface area contributed by atoms with Gasteiger partial charge < -0.3 is 0 Å². The summed E-state index contributed by atoms with van der Waals surface area (Å²) in [6.07, 6.45) is -3.84. The number of nitrogens with zero attached hydrogens (tertiary/aromatic N) is 5. The molecule has 4 rings (SSSR count). The second kappa shape index (κ2) is 6.03. The number of pyridine rings is 1. The van der Waals surface area contributed by atoms with Gasteiger partial charge in [-0.3, -0.25) is 4.57 Å². The van der Waals surface area contributed by atoms with E-state index in [0.717, 1.165) is 16.9 Å². The van der Waals surface area contributed by atoms with Crippen LogP contribution in [0, 0.1) is 0 Å². The standard InChI is InChI=1S/C17H14F3N5O2S/c1-3-28(26,27)15-11-6-4-5-7-12(11)23-25(15)16-22-13-8-10(17(18,19)20)9-21-14(13)24(16)2/h4-9H,3H2,1-2H3. The van der Waals surface area contributed by atoms with Gasteiger partial charge in [-0.25, -0.2) is 18.4 Å². The summed E-state index contributed by atoms with van der Waals surface area (Å²) in [6.45, 7) is 1.51. The fourth-order valence-electron chi connectivity index (χ4n) is 2.99. The van der Waals surface area contributed by atoms with E-state index in [4.69, 9.17) is 0 Å². The zero-order chi connectivity index (χ0) is 20.3. The molecule has 7 nitrogen and oxygen atoms in total. The lowest BCUT2D eigenvalue weighted by atomic mass is 10.2. The van der Waals surface area contributed by atoms with Gasteiger partial charge in [-0.15, -0.1) is 0 Å². The Morgan fingerprint density at radius 3 is 2.54 bits per heavy atom. The summed E-state index contributed by atoms with van der Waals surface area (Å²) < 4.78 is 66.9. The topological polar surface area (TPSA) is 82.7 Å². The lowest BCUT2D eigenvalue weighted by molar-refractivity contribution is -0.137. The molecule has 0 amide bonds. The molecule has 1 aromatic carbocycles. The van der Waals surface area contributed by atoms with Gasteiger partial charge in [0.2, 0.25) is 5.95 Å². The Hall–Kier alpha value is -2.95. The first-order valence-electron chi connectivity index (χ1n) is 8.24. The second-order valence-corrected chi connectivity index (χ2v) is 8.37. The van der Waals surface area contributed by atoms with Gasteiger partial charge in [0.25, 0.3) is 0 Å². The first-order chi connectivity index (χ1) is 13.1. The van der Waals surface area contributed by atoms with Crippen molar-refractivity contribution < 1.29 is 21.6 Å². The molecular formula is C17H14F3N5O2S. The quantitative estimate of drug-likeness (QED) is 0.519. The number of benzene rings is 1. The molecule has 0 aliphatic rings. The molecule has 11 heteroatoms. The summed E-state index contributed by atoms with van der Waals surface area (Å²) in [7, 11) is -2.16. The van der Waals surface area contributed by atoms with Gasteiger partial charge in [0.05, 0.1) is 16.8 Å². The summed E-state index contributed by atoms with van der Waals surface area (Å²) in [5.41, 5.74) is -0.323. The highest BCUT2D eigenvalue weighted by molar-refractivity contribution is 7.91. The van der Waals surface area contributed by atoms with Crippen molar-refractivity contribution in [3.8, 4) is 5.95 Å². The molecule has 0 atom stereocenters. The summed E-state index contributed by atoms with van der Waals surface area (Å²) in [6, 6.07) is 7.57. The number of aromatic nitrogens is 5. The molecule has 28 heavy (non-hydrogen) atoms. The number of alkyl halides is 3. The zero-order valence-corrected chi connectivity index (χ0v) is 15.6. The van der Waals surface area contributed by atoms with Crippen molar-refractivity contribution in [1.82, 2.24) is 24.3 Å². The number of sulfone groups is 1. The fourth-order valence-corrected chi connectivity index (χ4v) is 4.16. The highest BCUT2D eigenvalue weighted by atomic mass is 32.2. The van der Waals surface area contributed by atoms with Crippen LogP contribution in [0.5, 0.6) is 0 Å². The van der Waals surface area contributed by atoms with Gasteiger partial charge in [0, 0.05) is 18.6 Å². The minimum atomic E-state index is -4.56. The van der Waals surface area contributed by atoms with Gasteiger partial charge in [-0.2, -0.15) is 23.0 Å². The summed E-state index contributed by atoms with van der Waals surface area (Å²) in [5, 5.41) is 4.69. The third kappa shape index (κ3) is 2.73. The number of aryl methyl sites for hydroxylation is 1. The van der Waals surface area contributed by atoms with Crippen LogP contribution in [0.4, 0.5) is 13.2 Å². The van der Waals surface area contributed by atoms with Gasteiger partial charge >= 0.3 is 6.18 Å². The van der Waals surface area contributed by atoms with Crippen molar-refractivity contribution in [2.75, 3.05) is 5.75 Å². The Morgan fingerprint density at radius 2 is 1.86 bits per heavy atom. The van der Waals surface area contributed by atoms with Crippen LogP contribution in [0.25, 0.3) is 28.0 Å². The van der Waals surface area contributed by atoms with Crippen molar-refractivity contribution in [3.05, 3.63) is 42.1 Å². The molecule has 3 heterocycles. The molecule has 0 spiro atoms. The normalized spacial score (nSPS) is 12.9. The second-order valence-electron chi connectivity index (χ2n) is 6.17. The predicted molar refractivity (Wildman–Crippen MR) is 95.9 cm³/mol. The number of hydrogen-bond donors (Lipinski definition) is 0.